The molecule has 0 fully saturated rings. The summed E-state index contributed by atoms with van der Waals surface area (Å²) in [5.74, 6) is -0.528. The monoisotopic (exact) mass is 446 g/mol. The van der Waals surface area contributed by atoms with Crippen molar-refractivity contribution in [3.8, 4) is 5.75 Å². The van der Waals surface area contributed by atoms with Gasteiger partial charge in [0.2, 0.25) is 0 Å². The number of rotatable bonds is 10. The van der Waals surface area contributed by atoms with Gasteiger partial charge in [0.15, 0.2) is 0 Å². The molecule has 0 atom stereocenters. The predicted molar refractivity (Wildman–Crippen MR) is 105 cm³/mol. The van der Waals surface area contributed by atoms with Crippen molar-refractivity contribution in [3.63, 3.8) is 0 Å². The average Bonchev–Trinajstić information content (AvgIpc) is 2.64. The fourth-order valence-corrected chi connectivity index (χ4v) is 3.65. The molecule has 0 radical (unpaired) electrons. The van der Waals surface area contributed by atoms with E-state index in [4.69, 9.17) is 9.84 Å². The zero-order valence-corrected chi connectivity index (χ0v) is 16.8. The van der Waals surface area contributed by atoms with Gasteiger partial charge in [0.25, 0.3) is 10.0 Å². The van der Waals surface area contributed by atoms with Gasteiger partial charge in [-0.15, -0.1) is 0 Å². The van der Waals surface area contributed by atoms with Crippen LogP contribution < -0.4 is 14.8 Å². The van der Waals surface area contributed by atoms with Crippen LogP contribution in [-0.4, -0.2) is 38.8 Å². The van der Waals surface area contributed by atoms with Gasteiger partial charge >= 0.3 is 12.1 Å². The zero-order chi connectivity index (χ0) is 22.4. The minimum absolute atomic E-state index is 0.00601. The average molecular weight is 446 g/mol. The Morgan fingerprint density at radius 2 is 1.80 bits per heavy atom. The Kier molecular flexibility index (Phi) is 7.54. The van der Waals surface area contributed by atoms with Crippen molar-refractivity contribution >= 4 is 27.4 Å². The highest BCUT2D eigenvalue weighted by molar-refractivity contribution is 7.92. The van der Waals surface area contributed by atoms with E-state index in [0.717, 1.165) is 0 Å². The molecule has 2 aromatic rings. The van der Waals surface area contributed by atoms with Crippen LogP contribution in [0.1, 0.15) is 18.4 Å². The molecule has 0 bridgehead atoms. The summed E-state index contributed by atoms with van der Waals surface area (Å²) in [5, 5.41) is 10.8. The molecule has 0 spiro atoms. The largest absolute Gasteiger partial charge is 0.493 e. The number of nitrogens with one attached hydrogen (secondary N) is 2. The number of aryl methyl sites for hydroxylation is 1. The molecule has 11 heteroatoms. The minimum Gasteiger partial charge on any atom is -0.493 e. The van der Waals surface area contributed by atoms with E-state index in [-0.39, 0.29) is 29.3 Å². The van der Waals surface area contributed by atoms with Gasteiger partial charge in [0.05, 0.1) is 22.9 Å². The maximum absolute atomic E-state index is 12.7. The lowest BCUT2D eigenvalue weighted by Crippen LogP contribution is -2.22. The van der Waals surface area contributed by atoms with Crippen LogP contribution in [-0.2, 0) is 14.8 Å². The third kappa shape index (κ3) is 7.14. The standard InChI is InChI=1S/C19H21F3N2O5S/c1-13-11-14(8-9-17(13)29-10-4-7-18(25)26)30(27,28)24-16-6-3-2-5-15(16)23-12-19(20,21)22/h2-3,5-6,8-9,11,23-24H,4,7,10,12H2,1H3,(H,25,26). The second-order valence-corrected chi connectivity index (χ2v) is 8.08. The van der Waals surface area contributed by atoms with Crippen LogP contribution in [0.4, 0.5) is 24.5 Å². The molecule has 0 aliphatic carbocycles. The fourth-order valence-electron chi connectivity index (χ4n) is 2.48. The van der Waals surface area contributed by atoms with Crippen LogP contribution in [0, 0.1) is 6.92 Å². The smallest absolute Gasteiger partial charge is 0.405 e. The van der Waals surface area contributed by atoms with E-state index < -0.39 is 28.7 Å². The first-order valence-corrected chi connectivity index (χ1v) is 10.3. The summed E-state index contributed by atoms with van der Waals surface area (Å²) in [5.41, 5.74) is 0.485. The summed E-state index contributed by atoms with van der Waals surface area (Å²) >= 11 is 0. The van der Waals surface area contributed by atoms with Gasteiger partial charge in [0, 0.05) is 6.42 Å². The van der Waals surface area contributed by atoms with E-state index in [9.17, 15) is 26.4 Å². The Balaban J connectivity index is 2.13. The lowest BCUT2D eigenvalue weighted by atomic mass is 10.2. The molecular formula is C19H21F3N2O5S. The van der Waals surface area contributed by atoms with Crippen LogP contribution in [0.15, 0.2) is 47.4 Å². The number of carboxylic acids is 1. The molecule has 30 heavy (non-hydrogen) atoms. The molecule has 0 unspecified atom stereocenters. The fraction of sp³-hybridized carbons (Fsp3) is 0.316. The Labute approximate surface area is 171 Å². The molecule has 0 amide bonds. The topological polar surface area (TPSA) is 105 Å². The van der Waals surface area contributed by atoms with E-state index in [1.54, 1.807) is 6.92 Å². The summed E-state index contributed by atoms with van der Waals surface area (Å²) in [6, 6.07) is 9.77. The molecule has 0 aliphatic heterocycles. The third-order valence-electron chi connectivity index (χ3n) is 3.90. The van der Waals surface area contributed by atoms with Gasteiger partial charge in [-0.2, -0.15) is 13.2 Å². The number of hydrogen-bond donors (Lipinski definition) is 3. The summed E-state index contributed by atoms with van der Waals surface area (Å²) in [7, 11) is -4.07. The number of ether oxygens (including phenoxy) is 1. The second kappa shape index (κ2) is 9.70. The highest BCUT2D eigenvalue weighted by Gasteiger charge is 2.27. The van der Waals surface area contributed by atoms with Crippen molar-refractivity contribution < 1.29 is 36.2 Å². The number of para-hydroxylation sites is 2. The van der Waals surface area contributed by atoms with Crippen LogP contribution in [0.2, 0.25) is 0 Å². The number of hydrogen-bond acceptors (Lipinski definition) is 5. The van der Waals surface area contributed by atoms with E-state index in [0.29, 0.717) is 17.7 Å². The molecule has 7 nitrogen and oxygen atoms in total. The van der Waals surface area contributed by atoms with E-state index in [1.165, 1.54) is 42.5 Å². The number of sulfonamides is 1. The van der Waals surface area contributed by atoms with Gasteiger partial charge in [-0.25, -0.2) is 8.42 Å². The molecule has 0 aliphatic rings. The minimum atomic E-state index is -4.45. The van der Waals surface area contributed by atoms with Gasteiger partial charge in [-0.3, -0.25) is 9.52 Å². The van der Waals surface area contributed by atoms with E-state index >= 15 is 0 Å². The number of benzene rings is 2. The number of alkyl halides is 3. The Morgan fingerprint density at radius 3 is 2.40 bits per heavy atom. The summed E-state index contributed by atoms with van der Waals surface area (Å²) in [6.07, 6.45) is -4.20. The van der Waals surface area contributed by atoms with E-state index in [1.807, 2.05) is 0 Å². The first-order chi connectivity index (χ1) is 14.0. The number of aliphatic carboxylic acids is 1. The SMILES string of the molecule is Cc1cc(S(=O)(=O)Nc2ccccc2NCC(F)(F)F)ccc1OCCCC(=O)O. The molecule has 0 saturated heterocycles. The van der Waals surface area contributed by atoms with Gasteiger partial charge in [-0.05, 0) is 49.2 Å². The van der Waals surface area contributed by atoms with Crippen molar-refractivity contribution in [2.24, 2.45) is 0 Å². The van der Waals surface area contributed by atoms with Crippen molar-refractivity contribution in [1.82, 2.24) is 0 Å². The maximum atomic E-state index is 12.7. The first-order valence-electron chi connectivity index (χ1n) is 8.86. The Hall–Kier alpha value is -2.95. The van der Waals surface area contributed by atoms with Crippen molar-refractivity contribution in [2.45, 2.75) is 30.8 Å². The molecule has 2 aromatic carbocycles. The molecule has 3 N–H and O–H groups in total. The molecule has 164 valence electrons. The summed E-state index contributed by atoms with van der Waals surface area (Å²) < 4.78 is 70.5. The van der Waals surface area contributed by atoms with Crippen LogP contribution in [0.3, 0.4) is 0 Å². The maximum Gasteiger partial charge on any atom is 0.405 e. The molecule has 0 saturated carbocycles. The normalized spacial score (nSPS) is 11.7. The number of anilines is 2. The van der Waals surface area contributed by atoms with Crippen LogP contribution in [0.25, 0.3) is 0 Å². The second-order valence-electron chi connectivity index (χ2n) is 6.39. The third-order valence-corrected chi connectivity index (χ3v) is 5.26. The highest BCUT2D eigenvalue weighted by Crippen LogP contribution is 2.28. The van der Waals surface area contributed by atoms with Gasteiger partial charge < -0.3 is 15.2 Å². The van der Waals surface area contributed by atoms with Crippen molar-refractivity contribution in [3.05, 3.63) is 48.0 Å². The molecular weight excluding hydrogens is 425 g/mol. The quantitative estimate of drug-likeness (QED) is 0.477. The molecule has 2 rings (SSSR count). The summed E-state index contributed by atoms with van der Waals surface area (Å²) in [6.45, 7) is 0.485. The highest BCUT2D eigenvalue weighted by atomic mass is 32.2. The van der Waals surface area contributed by atoms with Crippen molar-refractivity contribution in [1.29, 1.82) is 0 Å². The Bertz CT molecular complexity index is 994. The van der Waals surface area contributed by atoms with Crippen molar-refractivity contribution in [2.75, 3.05) is 23.2 Å². The predicted octanol–water partition coefficient (Wildman–Crippen LogP) is 4.01. The zero-order valence-electron chi connectivity index (χ0n) is 16.0. The Morgan fingerprint density at radius 1 is 1.13 bits per heavy atom. The summed E-state index contributed by atoms with van der Waals surface area (Å²) in [4.78, 5) is 10.4. The lowest BCUT2D eigenvalue weighted by Gasteiger charge is -2.16. The first kappa shape index (κ1) is 23.3. The number of halogens is 3. The molecule has 0 aromatic heterocycles. The lowest BCUT2D eigenvalue weighted by molar-refractivity contribution is -0.137. The van der Waals surface area contributed by atoms with Crippen LogP contribution in [0.5, 0.6) is 5.75 Å². The molecule has 0 heterocycles. The van der Waals surface area contributed by atoms with Gasteiger partial charge in [-0.1, -0.05) is 12.1 Å². The number of carboxylic acid groups (broad SMARTS) is 1. The van der Waals surface area contributed by atoms with Gasteiger partial charge in [0.1, 0.15) is 12.3 Å². The van der Waals surface area contributed by atoms with E-state index in [2.05, 4.69) is 10.0 Å². The van der Waals surface area contributed by atoms with Crippen LogP contribution >= 0.6 is 0 Å². The number of carbonyl (C=O) groups is 1.